The second-order valence-electron chi connectivity index (χ2n) is 10.9. The molecule has 35 heavy (non-hydrogen) atoms. The van der Waals surface area contributed by atoms with Gasteiger partial charge in [0.15, 0.2) is 5.78 Å². The largest absolute Gasteiger partial charge is 0.432 e. The van der Waals surface area contributed by atoms with Crippen LogP contribution in [0.2, 0.25) is 0 Å². The van der Waals surface area contributed by atoms with Gasteiger partial charge in [0.05, 0.1) is 18.6 Å². The van der Waals surface area contributed by atoms with Gasteiger partial charge < -0.3 is 35.0 Å². The minimum absolute atomic E-state index is 0.0223. The molecule has 9 heteroatoms. The fraction of sp³-hybridized carbons (Fsp3) is 0.769. The fourth-order valence-electron chi connectivity index (χ4n) is 6.61. The molecule has 0 radical (unpaired) electrons. The lowest BCUT2D eigenvalue weighted by Gasteiger charge is -2.55. The van der Waals surface area contributed by atoms with Crippen molar-refractivity contribution in [3.8, 4) is 0 Å². The Labute approximate surface area is 206 Å². The number of ketones is 1. The van der Waals surface area contributed by atoms with Gasteiger partial charge in [-0.1, -0.05) is 30.6 Å². The molecule has 0 spiro atoms. The number of aliphatic hydroxyl groups is 5. The van der Waals surface area contributed by atoms with E-state index in [4.69, 9.17) is 9.47 Å². The standard InChI is InChI=1S/C26H40O9/c1-14(8-11-27)6-7-16-15(2)12-17(29)22-25(16,3)9-5-10-26(22,4)24(33)35-23-21(32)20(31)19(30)18(13-28)34-23/h8,12,16,18-23,27-28,30-32H,5-7,9-11,13H2,1-4H3. The maximum Gasteiger partial charge on any atom is 0.314 e. The Morgan fingerprint density at radius 2 is 1.86 bits per heavy atom. The summed E-state index contributed by atoms with van der Waals surface area (Å²) < 4.78 is 10.9. The van der Waals surface area contributed by atoms with Crippen molar-refractivity contribution in [1.29, 1.82) is 0 Å². The van der Waals surface area contributed by atoms with Crippen LogP contribution in [0.15, 0.2) is 23.3 Å². The van der Waals surface area contributed by atoms with E-state index in [0.717, 1.165) is 30.4 Å². The molecular weight excluding hydrogens is 456 g/mol. The molecule has 0 amide bonds. The van der Waals surface area contributed by atoms with Crippen molar-refractivity contribution in [2.75, 3.05) is 13.2 Å². The van der Waals surface area contributed by atoms with Gasteiger partial charge in [-0.05, 0) is 63.9 Å². The number of carbonyl (C=O) groups excluding carboxylic acids is 2. The van der Waals surface area contributed by atoms with Crippen LogP contribution in [0, 0.1) is 22.7 Å². The zero-order valence-corrected chi connectivity index (χ0v) is 21.0. The molecule has 3 rings (SSSR count). The Balaban J connectivity index is 1.87. The van der Waals surface area contributed by atoms with E-state index in [1.165, 1.54) is 0 Å². The molecule has 0 bridgehead atoms. The van der Waals surface area contributed by atoms with Crippen LogP contribution in [-0.2, 0) is 19.1 Å². The first kappa shape index (κ1) is 28.0. The molecule has 2 fully saturated rings. The topological polar surface area (TPSA) is 154 Å². The van der Waals surface area contributed by atoms with Crippen molar-refractivity contribution < 1.29 is 44.6 Å². The van der Waals surface area contributed by atoms with E-state index in [2.05, 4.69) is 6.92 Å². The third-order valence-corrected chi connectivity index (χ3v) is 8.51. The number of aliphatic hydroxyl groups excluding tert-OH is 5. The number of ether oxygens (including phenoxy) is 2. The molecule has 0 aromatic rings. The van der Waals surface area contributed by atoms with Gasteiger partial charge in [0.1, 0.15) is 24.4 Å². The van der Waals surface area contributed by atoms with Gasteiger partial charge in [0.2, 0.25) is 6.29 Å². The van der Waals surface area contributed by atoms with Crippen molar-refractivity contribution >= 4 is 11.8 Å². The summed E-state index contributed by atoms with van der Waals surface area (Å²) in [7, 11) is 0. The lowest BCUT2D eigenvalue weighted by Crippen LogP contribution is -2.61. The smallest absolute Gasteiger partial charge is 0.314 e. The monoisotopic (exact) mass is 496 g/mol. The first-order chi connectivity index (χ1) is 16.4. The van der Waals surface area contributed by atoms with Crippen LogP contribution in [0.3, 0.4) is 0 Å². The Morgan fingerprint density at radius 3 is 2.49 bits per heavy atom. The van der Waals surface area contributed by atoms with Gasteiger partial charge in [-0.15, -0.1) is 0 Å². The number of carbonyl (C=O) groups is 2. The summed E-state index contributed by atoms with van der Waals surface area (Å²) in [5, 5.41) is 49.0. The molecular formula is C26H40O9. The van der Waals surface area contributed by atoms with Crippen LogP contribution < -0.4 is 0 Å². The molecule has 0 aromatic carbocycles. The lowest BCUT2D eigenvalue weighted by atomic mass is 9.47. The molecule has 1 saturated carbocycles. The highest BCUT2D eigenvalue weighted by Crippen LogP contribution is 2.60. The Kier molecular flexibility index (Phi) is 8.61. The Hall–Kier alpha value is -1.62. The number of fused-ring (bicyclic) bond motifs is 1. The summed E-state index contributed by atoms with van der Waals surface area (Å²) in [5.74, 6) is -1.42. The lowest BCUT2D eigenvalue weighted by molar-refractivity contribution is -0.296. The summed E-state index contributed by atoms with van der Waals surface area (Å²) in [5.41, 5.74) is 0.376. The molecule has 9 unspecified atom stereocenters. The van der Waals surface area contributed by atoms with E-state index < -0.39 is 60.0 Å². The maximum absolute atomic E-state index is 13.6. The van der Waals surface area contributed by atoms with Crippen LogP contribution in [0.5, 0.6) is 0 Å². The second kappa shape index (κ2) is 10.8. The molecule has 1 heterocycles. The van der Waals surface area contributed by atoms with Crippen molar-refractivity contribution in [2.45, 2.75) is 90.5 Å². The van der Waals surface area contributed by atoms with Gasteiger partial charge in [0, 0.05) is 5.92 Å². The minimum atomic E-state index is -1.70. The first-order valence-electron chi connectivity index (χ1n) is 12.4. The van der Waals surface area contributed by atoms with Gasteiger partial charge in [-0.25, -0.2) is 0 Å². The predicted molar refractivity (Wildman–Crippen MR) is 126 cm³/mol. The molecule has 9 atom stereocenters. The van der Waals surface area contributed by atoms with Crippen LogP contribution in [-0.4, -0.2) is 81.2 Å². The van der Waals surface area contributed by atoms with E-state index in [-0.39, 0.29) is 18.3 Å². The van der Waals surface area contributed by atoms with Gasteiger partial charge in [-0.2, -0.15) is 0 Å². The zero-order chi connectivity index (χ0) is 26.1. The number of hydrogen-bond donors (Lipinski definition) is 5. The summed E-state index contributed by atoms with van der Waals surface area (Å²) in [6, 6.07) is 0. The molecule has 0 aromatic heterocycles. The average molecular weight is 497 g/mol. The summed E-state index contributed by atoms with van der Waals surface area (Å²) in [6.07, 6.45) is -0.865. The number of hydrogen-bond acceptors (Lipinski definition) is 9. The van der Waals surface area contributed by atoms with Crippen molar-refractivity contribution in [2.24, 2.45) is 22.7 Å². The van der Waals surface area contributed by atoms with Gasteiger partial charge >= 0.3 is 5.97 Å². The van der Waals surface area contributed by atoms with E-state index in [9.17, 15) is 35.1 Å². The number of esters is 1. The molecule has 9 nitrogen and oxygen atoms in total. The summed E-state index contributed by atoms with van der Waals surface area (Å²) in [6.45, 7) is 7.03. The highest BCUT2D eigenvalue weighted by molar-refractivity contribution is 5.98. The third kappa shape index (κ3) is 5.12. The Morgan fingerprint density at radius 1 is 1.17 bits per heavy atom. The SMILES string of the molecule is CC(=CCO)CCC1C(C)=CC(=O)C2C(C)(C(=O)OC3OC(CO)C(O)C(O)C3O)CCCC12C. The highest BCUT2D eigenvalue weighted by atomic mass is 16.7. The molecule has 5 N–H and O–H groups in total. The Bertz CT molecular complexity index is 865. The highest BCUT2D eigenvalue weighted by Gasteiger charge is 2.61. The molecule has 1 saturated heterocycles. The van der Waals surface area contributed by atoms with Gasteiger partial charge in [0.25, 0.3) is 0 Å². The van der Waals surface area contributed by atoms with Gasteiger partial charge in [-0.3, -0.25) is 9.59 Å². The summed E-state index contributed by atoms with van der Waals surface area (Å²) in [4.78, 5) is 27.0. The van der Waals surface area contributed by atoms with Crippen LogP contribution in [0.1, 0.15) is 59.8 Å². The van der Waals surface area contributed by atoms with E-state index in [1.807, 2.05) is 13.8 Å². The molecule has 3 aliphatic rings. The number of rotatable bonds is 7. The molecule has 2 aliphatic carbocycles. The average Bonchev–Trinajstić information content (AvgIpc) is 2.78. The first-order valence-corrected chi connectivity index (χ1v) is 12.4. The summed E-state index contributed by atoms with van der Waals surface area (Å²) >= 11 is 0. The maximum atomic E-state index is 13.6. The zero-order valence-electron chi connectivity index (χ0n) is 21.0. The van der Waals surface area contributed by atoms with Crippen LogP contribution in [0.4, 0.5) is 0 Å². The van der Waals surface area contributed by atoms with E-state index >= 15 is 0 Å². The van der Waals surface area contributed by atoms with Crippen molar-refractivity contribution in [3.63, 3.8) is 0 Å². The fourth-order valence-corrected chi connectivity index (χ4v) is 6.61. The normalized spacial score (nSPS) is 42.3. The van der Waals surface area contributed by atoms with Crippen LogP contribution >= 0.6 is 0 Å². The molecule has 1 aliphatic heterocycles. The minimum Gasteiger partial charge on any atom is -0.432 e. The third-order valence-electron chi connectivity index (χ3n) is 8.51. The predicted octanol–water partition coefficient (Wildman–Crippen LogP) is 1.01. The van der Waals surface area contributed by atoms with E-state index in [1.54, 1.807) is 19.1 Å². The molecule has 198 valence electrons. The van der Waals surface area contributed by atoms with Crippen molar-refractivity contribution in [3.05, 3.63) is 23.3 Å². The van der Waals surface area contributed by atoms with E-state index in [0.29, 0.717) is 12.8 Å². The second-order valence-corrected chi connectivity index (χ2v) is 10.9. The number of allylic oxidation sites excluding steroid dienone is 3. The van der Waals surface area contributed by atoms with Crippen molar-refractivity contribution in [1.82, 2.24) is 0 Å². The quantitative estimate of drug-likeness (QED) is 0.257. The van der Waals surface area contributed by atoms with Crippen LogP contribution in [0.25, 0.3) is 0 Å².